The predicted molar refractivity (Wildman–Crippen MR) is 85.6 cm³/mol. The molecule has 2 aliphatic carbocycles. The highest BCUT2D eigenvalue weighted by atomic mass is 35.5. The Morgan fingerprint density at radius 2 is 2.14 bits per heavy atom. The summed E-state index contributed by atoms with van der Waals surface area (Å²) in [7, 11) is 0. The summed E-state index contributed by atoms with van der Waals surface area (Å²) < 4.78 is 5.90. The van der Waals surface area contributed by atoms with Crippen LogP contribution in [-0.4, -0.2) is 17.6 Å². The second-order valence-corrected chi connectivity index (χ2v) is 6.67. The number of allylic oxidation sites excluding steroid dienone is 2. The molecule has 1 aromatic rings. The van der Waals surface area contributed by atoms with Gasteiger partial charge >= 0.3 is 0 Å². The molecule has 0 radical (unpaired) electrons. The maximum atomic E-state index is 6.20. The van der Waals surface area contributed by atoms with Crippen molar-refractivity contribution in [3.63, 3.8) is 0 Å². The Morgan fingerprint density at radius 3 is 2.90 bits per heavy atom. The van der Waals surface area contributed by atoms with Crippen molar-refractivity contribution in [2.75, 3.05) is 6.61 Å². The summed E-state index contributed by atoms with van der Waals surface area (Å²) in [6.45, 7) is 3.82. The summed E-state index contributed by atoms with van der Waals surface area (Å²) in [5, 5.41) is 4.19. The molecular weight excluding hydrogens is 284 g/mol. The smallest absolute Gasteiger partial charge is 0.213 e. The number of aromatic nitrogens is 1. The van der Waals surface area contributed by atoms with E-state index in [0.29, 0.717) is 28.8 Å². The minimum absolute atomic E-state index is 0.584. The first-order valence-electron chi connectivity index (χ1n) is 7.88. The molecule has 2 aliphatic rings. The van der Waals surface area contributed by atoms with Gasteiger partial charge in [0.1, 0.15) is 0 Å². The molecule has 0 amide bonds. The molecule has 21 heavy (non-hydrogen) atoms. The summed E-state index contributed by atoms with van der Waals surface area (Å²) in [6, 6.07) is 2.65. The third-order valence-corrected chi connectivity index (χ3v) is 4.77. The van der Waals surface area contributed by atoms with E-state index in [4.69, 9.17) is 16.3 Å². The van der Waals surface area contributed by atoms with Crippen LogP contribution in [0.3, 0.4) is 0 Å². The number of ether oxygens (including phenoxy) is 1. The molecule has 0 bridgehead atoms. The molecule has 2 unspecified atom stereocenters. The van der Waals surface area contributed by atoms with Crippen molar-refractivity contribution in [3.8, 4) is 5.88 Å². The maximum absolute atomic E-state index is 6.20. The molecule has 0 spiro atoms. The van der Waals surface area contributed by atoms with E-state index >= 15 is 0 Å². The molecule has 0 aliphatic heterocycles. The average molecular weight is 307 g/mol. The summed E-state index contributed by atoms with van der Waals surface area (Å²) in [5.41, 5.74) is 1.07. The quantitative estimate of drug-likeness (QED) is 0.808. The lowest BCUT2D eigenvalue weighted by atomic mass is 9.85. The van der Waals surface area contributed by atoms with Gasteiger partial charge in [0.05, 0.1) is 11.6 Å². The molecule has 3 nitrogen and oxygen atoms in total. The van der Waals surface area contributed by atoms with Crippen molar-refractivity contribution in [1.82, 2.24) is 10.3 Å². The first kappa shape index (κ1) is 14.9. The molecule has 1 saturated carbocycles. The number of nitrogens with zero attached hydrogens (tertiary/aromatic N) is 1. The fraction of sp³-hybridized carbons (Fsp3) is 0.588. The van der Waals surface area contributed by atoms with Gasteiger partial charge in [-0.3, -0.25) is 0 Å². The standard InChI is InChI=1S/C17H23ClN2O/c1-12-4-2-3-5-13(12)11-21-17-8-14(16(18)10-20-17)9-19-15-6-7-15/h2-3,8,10,12-13,15,19H,4-7,9,11H2,1H3. The second-order valence-electron chi connectivity index (χ2n) is 6.26. The fourth-order valence-corrected chi connectivity index (χ4v) is 2.82. The second kappa shape index (κ2) is 6.80. The van der Waals surface area contributed by atoms with Crippen LogP contribution in [0.4, 0.5) is 0 Å². The lowest BCUT2D eigenvalue weighted by molar-refractivity contribution is 0.192. The van der Waals surface area contributed by atoms with Crippen LogP contribution in [0.2, 0.25) is 5.02 Å². The van der Waals surface area contributed by atoms with Crippen molar-refractivity contribution in [1.29, 1.82) is 0 Å². The maximum Gasteiger partial charge on any atom is 0.213 e. The van der Waals surface area contributed by atoms with Crippen LogP contribution in [-0.2, 0) is 6.54 Å². The molecule has 1 aromatic heterocycles. The van der Waals surface area contributed by atoms with Crippen molar-refractivity contribution in [2.24, 2.45) is 11.8 Å². The van der Waals surface area contributed by atoms with Gasteiger partial charge in [-0.15, -0.1) is 0 Å². The molecule has 2 atom stereocenters. The monoisotopic (exact) mass is 306 g/mol. The van der Waals surface area contributed by atoms with Crippen molar-refractivity contribution in [3.05, 3.63) is 35.0 Å². The molecule has 0 saturated heterocycles. The Balaban J connectivity index is 1.56. The van der Waals surface area contributed by atoms with Gasteiger partial charge in [0.25, 0.3) is 0 Å². The third kappa shape index (κ3) is 4.21. The number of nitrogens with one attached hydrogen (secondary N) is 1. The van der Waals surface area contributed by atoms with Crippen LogP contribution in [0.15, 0.2) is 24.4 Å². The van der Waals surface area contributed by atoms with E-state index in [1.807, 2.05) is 6.07 Å². The van der Waals surface area contributed by atoms with E-state index < -0.39 is 0 Å². The summed E-state index contributed by atoms with van der Waals surface area (Å²) >= 11 is 6.20. The van der Waals surface area contributed by atoms with Crippen molar-refractivity contribution >= 4 is 11.6 Å². The molecule has 1 fully saturated rings. The van der Waals surface area contributed by atoms with Gasteiger partial charge in [0, 0.05) is 24.8 Å². The van der Waals surface area contributed by atoms with Gasteiger partial charge in [-0.2, -0.15) is 0 Å². The molecule has 114 valence electrons. The SMILES string of the molecule is CC1CC=CCC1COc1cc(CNC2CC2)c(Cl)cn1. The van der Waals surface area contributed by atoms with Gasteiger partial charge in [-0.1, -0.05) is 30.7 Å². The van der Waals surface area contributed by atoms with E-state index in [-0.39, 0.29) is 0 Å². The molecular formula is C17H23ClN2O. The Hall–Kier alpha value is -1.06. The van der Waals surface area contributed by atoms with Crippen LogP contribution in [0.5, 0.6) is 5.88 Å². The molecule has 1 N–H and O–H groups in total. The zero-order valence-electron chi connectivity index (χ0n) is 12.5. The number of rotatable bonds is 6. The summed E-state index contributed by atoms with van der Waals surface area (Å²) in [5.74, 6) is 1.95. The zero-order chi connectivity index (χ0) is 14.7. The first-order chi connectivity index (χ1) is 10.2. The van der Waals surface area contributed by atoms with Gasteiger partial charge < -0.3 is 10.1 Å². The highest BCUT2D eigenvalue weighted by Gasteiger charge is 2.21. The topological polar surface area (TPSA) is 34.1 Å². The van der Waals surface area contributed by atoms with Crippen molar-refractivity contribution < 1.29 is 4.74 Å². The molecule has 0 aromatic carbocycles. The minimum atomic E-state index is 0.584. The van der Waals surface area contributed by atoms with Gasteiger partial charge in [0.15, 0.2) is 0 Å². The number of hydrogen-bond acceptors (Lipinski definition) is 3. The van der Waals surface area contributed by atoms with E-state index in [0.717, 1.165) is 31.6 Å². The number of halogens is 1. The largest absolute Gasteiger partial charge is 0.477 e. The van der Waals surface area contributed by atoms with Crippen LogP contribution in [0, 0.1) is 11.8 Å². The minimum Gasteiger partial charge on any atom is -0.477 e. The van der Waals surface area contributed by atoms with Crippen LogP contribution in [0.25, 0.3) is 0 Å². The number of hydrogen-bond donors (Lipinski definition) is 1. The zero-order valence-corrected chi connectivity index (χ0v) is 13.3. The highest BCUT2D eigenvalue weighted by molar-refractivity contribution is 6.31. The Morgan fingerprint density at radius 1 is 1.33 bits per heavy atom. The molecule has 3 rings (SSSR count). The Bertz CT molecular complexity index is 514. The predicted octanol–water partition coefficient (Wildman–Crippen LogP) is 3.97. The van der Waals surface area contributed by atoms with Crippen molar-refractivity contribution in [2.45, 2.75) is 45.2 Å². The number of pyridine rings is 1. The molecule has 1 heterocycles. The van der Waals surface area contributed by atoms with Gasteiger partial charge in [-0.25, -0.2) is 4.98 Å². The van der Waals surface area contributed by atoms with Crippen LogP contribution in [0.1, 0.15) is 38.2 Å². The van der Waals surface area contributed by atoms with E-state index in [1.54, 1.807) is 6.20 Å². The average Bonchev–Trinajstić information content (AvgIpc) is 3.31. The summed E-state index contributed by atoms with van der Waals surface area (Å²) in [6.07, 6.45) is 11.0. The van der Waals surface area contributed by atoms with Gasteiger partial charge in [-0.05, 0) is 43.1 Å². The van der Waals surface area contributed by atoms with Gasteiger partial charge in [0.2, 0.25) is 5.88 Å². The summed E-state index contributed by atoms with van der Waals surface area (Å²) in [4.78, 5) is 4.29. The third-order valence-electron chi connectivity index (χ3n) is 4.43. The van der Waals surface area contributed by atoms with Crippen LogP contribution >= 0.6 is 11.6 Å². The lowest BCUT2D eigenvalue weighted by Crippen LogP contribution is -2.21. The Kier molecular flexibility index (Phi) is 4.81. The van der Waals surface area contributed by atoms with E-state index in [1.165, 1.54) is 12.8 Å². The normalized spacial score (nSPS) is 25.0. The molecule has 4 heteroatoms. The highest BCUT2D eigenvalue weighted by Crippen LogP contribution is 2.27. The Labute approximate surface area is 131 Å². The van der Waals surface area contributed by atoms with Crippen LogP contribution < -0.4 is 10.1 Å². The fourth-order valence-electron chi connectivity index (χ4n) is 2.65. The van der Waals surface area contributed by atoms with E-state index in [9.17, 15) is 0 Å². The van der Waals surface area contributed by atoms with E-state index in [2.05, 4.69) is 29.4 Å². The first-order valence-corrected chi connectivity index (χ1v) is 8.26. The lowest BCUT2D eigenvalue weighted by Gasteiger charge is -2.25.